The molecule has 2 heterocycles. The largest absolute Gasteiger partial charge is 0.416 e. The number of hydrogen-bond acceptors (Lipinski definition) is 4. The van der Waals surface area contributed by atoms with Crippen LogP contribution >= 0.6 is 0 Å². The number of carbonyl (C=O) groups is 1. The van der Waals surface area contributed by atoms with Crippen molar-refractivity contribution >= 4 is 22.4 Å². The SMILES string of the molecule is CC(C)c1ccc(C(=O)Nc2ccc(CN3CCNCC3)c(C(F)(F)F)c2)cc1C#Cc1cncc2ccccc12. The summed E-state index contributed by atoms with van der Waals surface area (Å²) in [5.41, 5.74) is 2.29. The lowest BCUT2D eigenvalue weighted by Gasteiger charge is -2.28. The molecule has 4 aromatic rings. The number of halogens is 3. The Kier molecular flexibility index (Phi) is 8.39. The van der Waals surface area contributed by atoms with Crippen LogP contribution in [0.5, 0.6) is 0 Å². The lowest BCUT2D eigenvalue weighted by Crippen LogP contribution is -2.43. The van der Waals surface area contributed by atoms with Gasteiger partial charge in [0.1, 0.15) is 0 Å². The molecular weight excluding hydrogens is 525 g/mol. The van der Waals surface area contributed by atoms with Crippen LogP contribution in [0.25, 0.3) is 10.8 Å². The topological polar surface area (TPSA) is 57.3 Å². The Hall–Kier alpha value is -4.19. The van der Waals surface area contributed by atoms with Gasteiger partial charge < -0.3 is 10.6 Å². The molecule has 0 aliphatic carbocycles. The number of anilines is 1. The molecule has 0 atom stereocenters. The second kappa shape index (κ2) is 12.1. The van der Waals surface area contributed by atoms with Gasteiger partial charge in [0.15, 0.2) is 0 Å². The highest BCUT2D eigenvalue weighted by atomic mass is 19.4. The minimum atomic E-state index is -4.54. The van der Waals surface area contributed by atoms with E-state index < -0.39 is 17.6 Å². The van der Waals surface area contributed by atoms with Crippen molar-refractivity contribution in [1.82, 2.24) is 15.2 Å². The van der Waals surface area contributed by atoms with Crippen molar-refractivity contribution in [2.45, 2.75) is 32.5 Å². The second-order valence-corrected chi connectivity index (χ2v) is 10.5. The normalized spacial score (nSPS) is 14.1. The quantitative estimate of drug-likeness (QED) is 0.278. The highest BCUT2D eigenvalue weighted by molar-refractivity contribution is 6.04. The molecule has 0 bridgehead atoms. The van der Waals surface area contributed by atoms with E-state index in [0.717, 1.165) is 41.1 Å². The van der Waals surface area contributed by atoms with Crippen LogP contribution in [0.15, 0.2) is 73.1 Å². The lowest BCUT2D eigenvalue weighted by atomic mass is 9.95. The summed E-state index contributed by atoms with van der Waals surface area (Å²) in [5.74, 6) is 6.06. The molecule has 41 heavy (non-hydrogen) atoms. The number of nitrogens with zero attached hydrogens (tertiary/aromatic N) is 2. The molecule has 5 rings (SSSR count). The standard InChI is InChI=1S/C33H31F3N4O/c1-22(2)29-12-10-24(17-23(29)7-8-26-20-38-19-25-5-3-4-6-30(25)26)32(41)39-28-11-9-27(31(18-28)33(34,35)36)21-40-15-13-37-14-16-40/h3-6,9-12,17-20,22,37H,13-16,21H2,1-2H3,(H,39,41). The third-order valence-electron chi connectivity index (χ3n) is 7.21. The van der Waals surface area contributed by atoms with Gasteiger partial charge in [0.2, 0.25) is 0 Å². The van der Waals surface area contributed by atoms with Gasteiger partial charge in [-0.1, -0.05) is 62.1 Å². The minimum absolute atomic E-state index is 0.0915. The first-order valence-electron chi connectivity index (χ1n) is 13.6. The van der Waals surface area contributed by atoms with Crippen molar-refractivity contribution in [3.8, 4) is 11.8 Å². The summed E-state index contributed by atoms with van der Waals surface area (Å²) in [7, 11) is 0. The molecule has 210 valence electrons. The first-order valence-corrected chi connectivity index (χ1v) is 13.6. The zero-order valence-electron chi connectivity index (χ0n) is 23.0. The van der Waals surface area contributed by atoms with E-state index >= 15 is 0 Å². The Labute approximate surface area is 237 Å². The molecule has 3 aromatic carbocycles. The summed E-state index contributed by atoms with van der Waals surface area (Å²) >= 11 is 0. The summed E-state index contributed by atoms with van der Waals surface area (Å²) in [4.78, 5) is 19.5. The van der Waals surface area contributed by atoms with Crippen molar-refractivity contribution in [2.75, 3.05) is 31.5 Å². The molecule has 8 heteroatoms. The summed E-state index contributed by atoms with van der Waals surface area (Å²) in [6.07, 6.45) is -1.04. The van der Waals surface area contributed by atoms with Crippen molar-refractivity contribution in [3.63, 3.8) is 0 Å². The van der Waals surface area contributed by atoms with E-state index in [9.17, 15) is 18.0 Å². The molecule has 2 N–H and O–H groups in total. The Morgan fingerprint density at radius 3 is 2.51 bits per heavy atom. The maximum atomic E-state index is 14.0. The maximum Gasteiger partial charge on any atom is 0.416 e. The average molecular weight is 557 g/mol. The van der Waals surface area contributed by atoms with Crippen LogP contribution in [-0.2, 0) is 12.7 Å². The van der Waals surface area contributed by atoms with Gasteiger partial charge in [0.05, 0.1) is 11.1 Å². The number of aromatic nitrogens is 1. The lowest BCUT2D eigenvalue weighted by molar-refractivity contribution is -0.138. The smallest absolute Gasteiger partial charge is 0.322 e. The zero-order valence-corrected chi connectivity index (χ0v) is 23.0. The number of nitrogens with one attached hydrogen (secondary N) is 2. The Morgan fingerprint density at radius 2 is 1.76 bits per heavy atom. The molecule has 1 aliphatic rings. The second-order valence-electron chi connectivity index (χ2n) is 10.5. The van der Waals surface area contributed by atoms with Crippen molar-refractivity contribution in [3.05, 3.63) is 106 Å². The molecule has 1 aliphatic heterocycles. The van der Waals surface area contributed by atoms with Gasteiger partial charge in [-0.2, -0.15) is 13.2 Å². The molecule has 0 spiro atoms. The summed E-state index contributed by atoms with van der Waals surface area (Å²) < 4.78 is 41.9. The molecule has 5 nitrogen and oxygen atoms in total. The molecule has 0 radical (unpaired) electrons. The number of amides is 1. The number of piperazine rings is 1. The van der Waals surface area contributed by atoms with E-state index in [2.05, 4.69) is 27.5 Å². The Morgan fingerprint density at radius 1 is 1.00 bits per heavy atom. The van der Waals surface area contributed by atoms with E-state index in [1.54, 1.807) is 24.5 Å². The monoisotopic (exact) mass is 556 g/mol. The van der Waals surface area contributed by atoms with E-state index in [0.29, 0.717) is 24.2 Å². The number of rotatable bonds is 5. The third kappa shape index (κ3) is 6.76. The third-order valence-corrected chi connectivity index (χ3v) is 7.21. The zero-order chi connectivity index (χ0) is 29.0. The van der Waals surface area contributed by atoms with Gasteiger partial charge in [-0.25, -0.2) is 0 Å². The van der Waals surface area contributed by atoms with Crippen LogP contribution in [0.1, 0.15) is 57.9 Å². The van der Waals surface area contributed by atoms with Crippen LogP contribution in [0.4, 0.5) is 18.9 Å². The Bertz CT molecular complexity index is 1620. The van der Waals surface area contributed by atoms with Crippen LogP contribution in [-0.4, -0.2) is 42.0 Å². The fourth-order valence-electron chi connectivity index (χ4n) is 5.03. The predicted octanol–water partition coefficient (Wildman–Crippen LogP) is 6.43. The van der Waals surface area contributed by atoms with Gasteiger partial charge >= 0.3 is 6.18 Å². The highest BCUT2D eigenvalue weighted by Crippen LogP contribution is 2.35. The molecular formula is C33H31F3N4O. The van der Waals surface area contributed by atoms with E-state index in [-0.39, 0.29) is 23.7 Å². The van der Waals surface area contributed by atoms with Crippen LogP contribution in [0, 0.1) is 11.8 Å². The number of benzene rings is 3. The van der Waals surface area contributed by atoms with Gasteiger partial charge in [0, 0.05) is 72.7 Å². The molecule has 1 fully saturated rings. The molecule has 1 saturated heterocycles. The van der Waals surface area contributed by atoms with Gasteiger partial charge in [-0.05, 0) is 41.3 Å². The van der Waals surface area contributed by atoms with Crippen LogP contribution in [0.2, 0.25) is 0 Å². The predicted molar refractivity (Wildman–Crippen MR) is 156 cm³/mol. The number of hydrogen-bond donors (Lipinski definition) is 2. The number of alkyl halides is 3. The average Bonchev–Trinajstić information content (AvgIpc) is 2.96. The molecule has 1 aromatic heterocycles. The molecule has 0 unspecified atom stereocenters. The van der Waals surface area contributed by atoms with Gasteiger partial charge in [0.25, 0.3) is 5.91 Å². The number of pyridine rings is 1. The minimum Gasteiger partial charge on any atom is -0.322 e. The highest BCUT2D eigenvalue weighted by Gasteiger charge is 2.34. The van der Waals surface area contributed by atoms with Crippen LogP contribution in [0.3, 0.4) is 0 Å². The summed E-state index contributed by atoms with van der Waals surface area (Å²) in [6, 6.07) is 17.1. The fraction of sp³-hybridized carbons (Fsp3) is 0.273. The number of fused-ring (bicyclic) bond motifs is 1. The van der Waals surface area contributed by atoms with Crippen molar-refractivity contribution < 1.29 is 18.0 Å². The van der Waals surface area contributed by atoms with E-state index in [1.165, 1.54) is 12.1 Å². The first kappa shape index (κ1) is 28.3. The summed E-state index contributed by atoms with van der Waals surface area (Å²) in [6.45, 7) is 7.15. The maximum absolute atomic E-state index is 14.0. The van der Waals surface area contributed by atoms with Gasteiger partial charge in [-0.15, -0.1) is 0 Å². The van der Waals surface area contributed by atoms with E-state index in [1.807, 2.05) is 49.1 Å². The number of carbonyl (C=O) groups excluding carboxylic acids is 1. The summed E-state index contributed by atoms with van der Waals surface area (Å²) in [5, 5.41) is 7.82. The van der Waals surface area contributed by atoms with Crippen molar-refractivity contribution in [1.29, 1.82) is 0 Å². The Balaban J connectivity index is 1.41. The van der Waals surface area contributed by atoms with Crippen LogP contribution < -0.4 is 10.6 Å². The first-order chi connectivity index (χ1) is 19.7. The van der Waals surface area contributed by atoms with Gasteiger partial charge in [-0.3, -0.25) is 14.7 Å². The molecule has 1 amide bonds. The van der Waals surface area contributed by atoms with Crippen molar-refractivity contribution in [2.24, 2.45) is 0 Å². The molecule has 0 saturated carbocycles. The fourth-order valence-corrected chi connectivity index (χ4v) is 5.03. The van der Waals surface area contributed by atoms with E-state index in [4.69, 9.17) is 0 Å².